The third-order valence-electron chi connectivity index (χ3n) is 3.07. The SMILES string of the molecule is CCC(C)N(CC)S(=O)(=O)c1cc([N+](=O)[O-])c(NC)s1. The van der Waals surface area contributed by atoms with E-state index in [0.717, 1.165) is 17.4 Å². The van der Waals surface area contributed by atoms with Crippen molar-refractivity contribution in [2.24, 2.45) is 0 Å². The summed E-state index contributed by atoms with van der Waals surface area (Å²) in [4.78, 5) is 10.3. The number of nitrogens with zero attached hydrogens (tertiary/aromatic N) is 2. The molecular weight excluding hydrogens is 302 g/mol. The van der Waals surface area contributed by atoms with Crippen molar-refractivity contribution in [1.29, 1.82) is 0 Å². The molecule has 7 nitrogen and oxygen atoms in total. The van der Waals surface area contributed by atoms with Gasteiger partial charge < -0.3 is 5.32 Å². The Labute approximate surface area is 122 Å². The molecule has 1 N–H and O–H groups in total. The van der Waals surface area contributed by atoms with E-state index in [1.807, 2.05) is 13.8 Å². The fraction of sp³-hybridized carbons (Fsp3) is 0.636. The van der Waals surface area contributed by atoms with Crippen LogP contribution in [0.25, 0.3) is 0 Å². The molecule has 1 aromatic heterocycles. The van der Waals surface area contributed by atoms with E-state index in [4.69, 9.17) is 0 Å². The maximum atomic E-state index is 12.6. The van der Waals surface area contributed by atoms with Gasteiger partial charge in [-0.05, 0) is 13.3 Å². The van der Waals surface area contributed by atoms with Gasteiger partial charge in [0.2, 0.25) is 0 Å². The van der Waals surface area contributed by atoms with Gasteiger partial charge in [0.1, 0.15) is 4.21 Å². The van der Waals surface area contributed by atoms with E-state index < -0.39 is 14.9 Å². The Morgan fingerprint density at radius 1 is 1.50 bits per heavy atom. The largest absolute Gasteiger partial charge is 0.374 e. The first-order chi connectivity index (χ1) is 9.29. The molecule has 0 spiro atoms. The molecular formula is C11H19N3O4S2. The summed E-state index contributed by atoms with van der Waals surface area (Å²) in [5, 5.41) is 13.8. The first kappa shape index (κ1) is 16.9. The summed E-state index contributed by atoms with van der Waals surface area (Å²) in [5.41, 5.74) is -0.212. The van der Waals surface area contributed by atoms with Gasteiger partial charge in [-0.3, -0.25) is 10.1 Å². The fourth-order valence-corrected chi connectivity index (χ4v) is 4.96. The highest BCUT2D eigenvalue weighted by Gasteiger charge is 2.32. The predicted octanol–water partition coefficient (Wildman–Crippen LogP) is 2.51. The monoisotopic (exact) mass is 321 g/mol. The van der Waals surface area contributed by atoms with Gasteiger partial charge >= 0.3 is 5.69 Å². The number of rotatable bonds is 7. The highest BCUT2D eigenvalue weighted by molar-refractivity contribution is 7.91. The smallest absolute Gasteiger partial charge is 0.304 e. The van der Waals surface area contributed by atoms with Crippen LogP contribution in [0.5, 0.6) is 0 Å². The summed E-state index contributed by atoms with van der Waals surface area (Å²) in [5.74, 6) is 0. The van der Waals surface area contributed by atoms with Crippen molar-refractivity contribution < 1.29 is 13.3 Å². The van der Waals surface area contributed by atoms with Crippen LogP contribution in [-0.2, 0) is 10.0 Å². The number of thiophene rings is 1. The fourth-order valence-electron chi connectivity index (χ4n) is 1.84. The van der Waals surface area contributed by atoms with E-state index in [1.54, 1.807) is 6.92 Å². The maximum Gasteiger partial charge on any atom is 0.304 e. The topological polar surface area (TPSA) is 92.5 Å². The molecule has 1 heterocycles. The van der Waals surface area contributed by atoms with Gasteiger partial charge in [0.15, 0.2) is 5.00 Å². The zero-order valence-corrected chi connectivity index (χ0v) is 13.5. The summed E-state index contributed by atoms with van der Waals surface area (Å²) in [6.07, 6.45) is 0.680. The molecule has 0 amide bonds. The van der Waals surface area contributed by atoms with Crippen LogP contribution in [0.1, 0.15) is 27.2 Å². The van der Waals surface area contributed by atoms with Gasteiger partial charge in [-0.15, -0.1) is 0 Å². The van der Waals surface area contributed by atoms with Crippen LogP contribution in [0, 0.1) is 10.1 Å². The Bertz CT molecular complexity index is 582. The van der Waals surface area contributed by atoms with Gasteiger partial charge in [0.25, 0.3) is 10.0 Å². The number of sulfonamides is 1. The summed E-state index contributed by atoms with van der Waals surface area (Å²) in [7, 11) is -2.17. The van der Waals surface area contributed by atoms with E-state index in [-0.39, 0.29) is 20.9 Å². The minimum atomic E-state index is -3.70. The molecule has 0 aliphatic heterocycles. The van der Waals surface area contributed by atoms with Crippen molar-refractivity contribution in [2.75, 3.05) is 18.9 Å². The van der Waals surface area contributed by atoms with E-state index in [0.29, 0.717) is 13.0 Å². The minimum Gasteiger partial charge on any atom is -0.374 e. The second-order valence-electron chi connectivity index (χ2n) is 4.25. The second kappa shape index (κ2) is 6.51. The normalized spacial score (nSPS) is 13.4. The standard InChI is InChI=1S/C11H19N3O4S2/c1-5-8(3)13(6-2)20(17,18)10-7-9(14(15)16)11(12-4)19-10/h7-8,12H,5-6H2,1-4H3. The van der Waals surface area contributed by atoms with Gasteiger partial charge in [-0.2, -0.15) is 4.31 Å². The number of anilines is 1. The molecule has 1 unspecified atom stereocenters. The van der Waals surface area contributed by atoms with E-state index in [2.05, 4.69) is 5.32 Å². The van der Waals surface area contributed by atoms with Crippen LogP contribution in [0.3, 0.4) is 0 Å². The molecule has 1 rings (SSSR count). The van der Waals surface area contributed by atoms with E-state index in [9.17, 15) is 18.5 Å². The lowest BCUT2D eigenvalue weighted by Gasteiger charge is -2.25. The first-order valence-electron chi connectivity index (χ1n) is 6.27. The van der Waals surface area contributed by atoms with Gasteiger partial charge in [0.05, 0.1) is 4.92 Å². The molecule has 9 heteroatoms. The highest BCUT2D eigenvalue weighted by atomic mass is 32.2. The second-order valence-corrected chi connectivity index (χ2v) is 7.42. The first-order valence-corrected chi connectivity index (χ1v) is 8.53. The number of hydrogen-bond donors (Lipinski definition) is 1. The molecule has 20 heavy (non-hydrogen) atoms. The summed E-state index contributed by atoms with van der Waals surface area (Å²) >= 11 is 0.884. The van der Waals surface area contributed by atoms with E-state index in [1.165, 1.54) is 11.4 Å². The van der Waals surface area contributed by atoms with Crippen molar-refractivity contribution in [2.45, 2.75) is 37.4 Å². The maximum absolute atomic E-state index is 12.6. The van der Waals surface area contributed by atoms with Crippen molar-refractivity contribution in [1.82, 2.24) is 4.31 Å². The summed E-state index contributed by atoms with van der Waals surface area (Å²) in [6, 6.07) is 0.973. The van der Waals surface area contributed by atoms with Crippen molar-refractivity contribution in [3.63, 3.8) is 0 Å². The molecule has 1 atom stereocenters. The molecule has 0 aliphatic rings. The van der Waals surface area contributed by atoms with Crippen molar-refractivity contribution in [3.8, 4) is 0 Å². The highest BCUT2D eigenvalue weighted by Crippen LogP contribution is 2.38. The average molecular weight is 321 g/mol. The molecule has 0 radical (unpaired) electrons. The third kappa shape index (κ3) is 3.10. The quantitative estimate of drug-likeness (QED) is 0.615. The molecule has 0 bridgehead atoms. The van der Waals surface area contributed by atoms with Gasteiger partial charge in [-0.25, -0.2) is 8.42 Å². The average Bonchev–Trinajstić information content (AvgIpc) is 2.83. The van der Waals surface area contributed by atoms with Crippen LogP contribution >= 0.6 is 11.3 Å². The Kier molecular flexibility index (Phi) is 5.49. The number of nitro groups is 1. The summed E-state index contributed by atoms with van der Waals surface area (Å²) < 4.78 is 26.5. The third-order valence-corrected chi connectivity index (χ3v) is 6.75. The minimum absolute atomic E-state index is 0.00398. The molecule has 0 saturated heterocycles. The molecule has 0 saturated carbocycles. The summed E-state index contributed by atoms with van der Waals surface area (Å²) in [6.45, 7) is 5.81. The van der Waals surface area contributed by atoms with Crippen LogP contribution in [-0.4, -0.2) is 37.3 Å². The van der Waals surface area contributed by atoms with E-state index >= 15 is 0 Å². The Morgan fingerprint density at radius 2 is 2.10 bits per heavy atom. The van der Waals surface area contributed by atoms with Gasteiger partial charge in [-0.1, -0.05) is 25.2 Å². The van der Waals surface area contributed by atoms with Crippen LogP contribution in [0.2, 0.25) is 0 Å². The molecule has 114 valence electrons. The van der Waals surface area contributed by atoms with Crippen LogP contribution in [0.15, 0.2) is 10.3 Å². The molecule has 1 aromatic rings. The lowest BCUT2D eigenvalue weighted by molar-refractivity contribution is -0.383. The van der Waals surface area contributed by atoms with Crippen molar-refractivity contribution >= 4 is 32.0 Å². The molecule has 0 aliphatic carbocycles. The zero-order chi connectivity index (χ0) is 15.5. The molecule has 0 aromatic carbocycles. The predicted molar refractivity (Wildman–Crippen MR) is 79.8 cm³/mol. The zero-order valence-electron chi connectivity index (χ0n) is 11.9. The van der Waals surface area contributed by atoms with Gasteiger partial charge in [0, 0.05) is 25.7 Å². The van der Waals surface area contributed by atoms with Crippen molar-refractivity contribution in [3.05, 3.63) is 16.2 Å². The Hall–Kier alpha value is -1.19. The Balaban J connectivity index is 3.31. The number of nitrogens with one attached hydrogen (secondary N) is 1. The van der Waals surface area contributed by atoms with Crippen LogP contribution < -0.4 is 5.32 Å². The number of hydrogen-bond acceptors (Lipinski definition) is 6. The Morgan fingerprint density at radius 3 is 2.45 bits per heavy atom. The lowest BCUT2D eigenvalue weighted by atomic mass is 10.3. The lowest BCUT2D eigenvalue weighted by Crippen LogP contribution is -2.37. The van der Waals surface area contributed by atoms with Crippen LogP contribution in [0.4, 0.5) is 10.7 Å². The molecule has 0 fully saturated rings.